The molecule has 18 nitrogen and oxygen atoms in total. The highest BCUT2D eigenvalue weighted by Crippen LogP contribution is 2.08. The summed E-state index contributed by atoms with van der Waals surface area (Å²) in [6.07, 6.45) is -1.64. The highest BCUT2D eigenvalue weighted by molar-refractivity contribution is 5.94. The van der Waals surface area contributed by atoms with Crippen LogP contribution in [-0.4, -0.2) is 121 Å². The molecule has 19 heteroatoms. The molecule has 1 aliphatic heterocycles. The number of likely N-dealkylation sites (N-methyl/N-ethyl adjacent to an activating group) is 1. The fourth-order valence-electron chi connectivity index (χ4n) is 4.78. The van der Waals surface area contributed by atoms with Crippen LogP contribution in [-0.2, 0) is 44.8 Å². The number of nitrogens with two attached hydrogens (primary N) is 1. The molecule has 8 amide bonds. The Morgan fingerprint density at radius 1 is 1.00 bits per heavy atom. The van der Waals surface area contributed by atoms with Gasteiger partial charge in [0.1, 0.15) is 30.2 Å². The van der Waals surface area contributed by atoms with Gasteiger partial charge in [-0.25, -0.2) is 4.39 Å². The molecule has 1 aromatic carbocycles. The van der Waals surface area contributed by atoms with Crippen LogP contribution in [0.3, 0.4) is 0 Å². The van der Waals surface area contributed by atoms with Gasteiger partial charge in [-0.2, -0.15) is 0 Å². The van der Waals surface area contributed by atoms with Crippen molar-refractivity contribution in [2.24, 2.45) is 5.73 Å². The Labute approximate surface area is 288 Å². The van der Waals surface area contributed by atoms with Crippen LogP contribution in [0.5, 0.6) is 0 Å². The van der Waals surface area contributed by atoms with Crippen LogP contribution in [0.1, 0.15) is 45.1 Å². The zero-order valence-corrected chi connectivity index (χ0v) is 28.0. The Morgan fingerprint density at radius 2 is 1.70 bits per heavy atom. The molecule has 276 valence electrons. The summed E-state index contributed by atoms with van der Waals surface area (Å²) in [4.78, 5) is 102. The van der Waals surface area contributed by atoms with Gasteiger partial charge in [-0.1, -0.05) is 12.1 Å². The van der Waals surface area contributed by atoms with Gasteiger partial charge in [0, 0.05) is 32.9 Å². The number of hydrogen-bond acceptors (Lipinski definition) is 10. The van der Waals surface area contributed by atoms with E-state index in [1.54, 1.807) is 6.92 Å². The third-order valence-corrected chi connectivity index (χ3v) is 7.46. The van der Waals surface area contributed by atoms with Gasteiger partial charge in [-0.3, -0.25) is 43.7 Å². The summed E-state index contributed by atoms with van der Waals surface area (Å²) in [5.41, 5.74) is 5.88. The molecule has 2 rings (SSSR count). The second kappa shape index (κ2) is 21.0. The summed E-state index contributed by atoms with van der Waals surface area (Å²) in [7, 11) is 0. The summed E-state index contributed by atoms with van der Waals surface area (Å²) in [6.45, 7) is 1.02. The van der Waals surface area contributed by atoms with E-state index in [1.807, 2.05) is 0 Å². The zero-order chi connectivity index (χ0) is 37.2. The van der Waals surface area contributed by atoms with Gasteiger partial charge >= 0.3 is 0 Å². The molecule has 4 atom stereocenters. The number of carbonyl (C=O) groups excluding carboxylic acids is 8. The number of nitrogens with one attached hydrogen (secondary N) is 7. The Balaban J connectivity index is 2.33. The predicted octanol–water partition coefficient (Wildman–Crippen LogP) is -3.99. The quantitative estimate of drug-likeness (QED) is 0.133. The van der Waals surface area contributed by atoms with Gasteiger partial charge in [0.25, 0.3) is 0 Å². The summed E-state index contributed by atoms with van der Waals surface area (Å²) in [5.74, 6) is -5.94. The van der Waals surface area contributed by atoms with Crippen molar-refractivity contribution < 1.29 is 47.9 Å². The number of carbonyl (C=O) groups is 8. The van der Waals surface area contributed by atoms with E-state index in [-0.39, 0.29) is 45.2 Å². The molecule has 1 heterocycles. The van der Waals surface area contributed by atoms with Crippen molar-refractivity contribution in [3.05, 3.63) is 35.6 Å². The maximum Gasteiger partial charge on any atom is 0.245 e. The lowest BCUT2D eigenvalue weighted by atomic mass is 10.0. The topological polar surface area (TPSA) is 270 Å². The van der Waals surface area contributed by atoms with Gasteiger partial charge in [-0.15, -0.1) is 0 Å². The van der Waals surface area contributed by atoms with Crippen LogP contribution in [0.4, 0.5) is 4.39 Å². The molecule has 0 saturated carbocycles. The molecular formula is C31H46FN9O9. The highest BCUT2D eigenvalue weighted by atomic mass is 19.1. The molecule has 0 bridgehead atoms. The Morgan fingerprint density at radius 3 is 2.34 bits per heavy atom. The van der Waals surface area contributed by atoms with Crippen LogP contribution in [0.2, 0.25) is 0 Å². The minimum atomic E-state index is -1.43. The monoisotopic (exact) mass is 707 g/mol. The van der Waals surface area contributed by atoms with Crippen molar-refractivity contribution in [1.82, 2.24) is 42.1 Å². The van der Waals surface area contributed by atoms with Gasteiger partial charge in [0.2, 0.25) is 47.3 Å². The first-order valence-corrected chi connectivity index (χ1v) is 16.1. The lowest BCUT2D eigenvalue weighted by Gasteiger charge is -2.27. The largest absolute Gasteiger partial charge is 0.377 e. The third kappa shape index (κ3) is 15.4. The van der Waals surface area contributed by atoms with Gasteiger partial charge in [-0.05, 0) is 43.9 Å². The number of halogens is 1. The van der Waals surface area contributed by atoms with Crippen molar-refractivity contribution in [2.75, 3.05) is 39.3 Å². The van der Waals surface area contributed by atoms with Gasteiger partial charge in [0.05, 0.1) is 26.2 Å². The molecule has 4 unspecified atom stereocenters. The average molecular weight is 708 g/mol. The summed E-state index contributed by atoms with van der Waals surface area (Å²) >= 11 is 0. The molecule has 1 aromatic rings. The van der Waals surface area contributed by atoms with E-state index >= 15 is 0 Å². The van der Waals surface area contributed by atoms with E-state index in [2.05, 4.69) is 37.2 Å². The van der Waals surface area contributed by atoms with Crippen LogP contribution in [0.15, 0.2) is 24.3 Å². The maximum absolute atomic E-state index is 13.6. The smallest absolute Gasteiger partial charge is 0.245 e. The predicted molar refractivity (Wildman–Crippen MR) is 175 cm³/mol. The molecule has 0 aliphatic carbocycles. The number of aliphatic hydroxyl groups excluding tert-OH is 1. The SMILES string of the molecule is CCN1CC(=O)NC(Cc2ccc(F)cc2)C(=O)NCC(O)NCC(=O)NC(C(N)=O)CCCNC(=O)CCC(NC(=O)CNC(C)=O)C1=O. The summed E-state index contributed by atoms with van der Waals surface area (Å²) < 4.78 is 13.5. The Hall–Kier alpha value is -5.17. The second-order valence-corrected chi connectivity index (χ2v) is 11.5. The average Bonchev–Trinajstić information content (AvgIpc) is 3.07. The maximum atomic E-state index is 13.6. The number of aliphatic hydroxyl groups is 1. The van der Waals surface area contributed by atoms with E-state index < -0.39 is 104 Å². The Kier molecular flexibility index (Phi) is 17.2. The first-order chi connectivity index (χ1) is 23.7. The van der Waals surface area contributed by atoms with Crippen molar-refractivity contribution >= 4 is 47.3 Å². The minimum absolute atomic E-state index is 0.00299. The summed E-state index contributed by atoms with van der Waals surface area (Å²) in [5, 5.41) is 27.7. The number of benzene rings is 1. The number of β-amino-alcohol motifs (C(OH)–C–C–N with tert-alkyl or cyclic N) is 1. The number of rotatable bonds is 7. The fraction of sp³-hybridized carbons (Fsp3) is 0.548. The van der Waals surface area contributed by atoms with Crippen LogP contribution in [0, 0.1) is 5.82 Å². The first-order valence-electron chi connectivity index (χ1n) is 16.1. The van der Waals surface area contributed by atoms with Gasteiger partial charge in [0.15, 0.2) is 0 Å². The van der Waals surface area contributed by atoms with E-state index in [4.69, 9.17) is 5.73 Å². The van der Waals surface area contributed by atoms with Crippen LogP contribution in [0.25, 0.3) is 0 Å². The number of hydrogen-bond donors (Lipinski definition) is 9. The summed E-state index contributed by atoms with van der Waals surface area (Å²) in [6, 6.07) is 1.56. The normalized spacial score (nSPS) is 22.6. The van der Waals surface area contributed by atoms with Crippen molar-refractivity contribution in [2.45, 2.75) is 70.3 Å². The highest BCUT2D eigenvalue weighted by Gasteiger charge is 2.29. The van der Waals surface area contributed by atoms with Crippen molar-refractivity contribution in [3.63, 3.8) is 0 Å². The molecular weight excluding hydrogens is 661 g/mol. The molecule has 1 aliphatic rings. The van der Waals surface area contributed by atoms with Crippen LogP contribution < -0.4 is 43.0 Å². The molecule has 1 saturated heterocycles. The van der Waals surface area contributed by atoms with E-state index in [9.17, 15) is 47.9 Å². The van der Waals surface area contributed by atoms with Crippen LogP contribution >= 0.6 is 0 Å². The lowest BCUT2D eigenvalue weighted by molar-refractivity contribution is -0.140. The molecule has 50 heavy (non-hydrogen) atoms. The number of primary amides is 1. The molecule has 0 aromatic heterocycles. The van der Waals surface area contributed by atoms with Gasteiger partial charge < -0.3 is 47.6 Å². The van der Waals surface area contributed by atoms with Crippen molar-refractivity contribution in [1.29, 1.82) is 0 Å². The van der Waals surface area contributed by atoms with E-state index in [1.165, 1.54) is 31.2 Å². The molecule has 10 N–H and O–H groups in total. The van der Waals surface area contributed by atoms with Crippen molar-refractivity contribution in [3.8, 4) is 0 Å². The first kappa shape index (κ1) is 41.0. The second-order valence-electron chi connectivity index (χ2n) is 11.5. The molecule has 1 fully saturated rings. The molecule has 0 radical (unpaired) electrons. The molecule has 0 spiro atoms. The fourth-order valence-corrected chi connectivity index (χ4v) is 4.78. The number of nitrogens with zero attached hydrogens (tertiary/aromatic N) is 1. The third-order valence-electron chi connectivity index (χ3n) is 7.46. The Bertz CT molecular complexity index is 1380. The van der Waals surface area contributed by atoms with E-state index in [0.717, 1.165) is 4.90 Å². The lowest BCUT2D eigenvalue weighted by Crippen LogP contribution is -2.55. The zero-order valence-electron chi connectivity index (χ0n) is 28.0. The number of amides is 8. The minimum Gasteiger partial charge on any atom is -0.377 e. The van der Waals surface area contributed by atoms with E-state index in [0.29, 0.717) is 5.56 Å². The standard InChI is InChI=1S/C31H46FN9O9/c1-3-41-17-28(47)40-23(13-19-6-8-20(32)9-7-19)30(49)37-14-25(44)36-16-27(46)38-21(29(33)48)5-4-12-34-24(43)11-10-22(31(41)50)39-26(45)15-35-18(2)42/h6-9,21-23,25,36,44H,3-5,10-17H2,1-2H3,(H2,33,48)(H,34,43)(H,35,42)(H,37,49)(H,38,46)(H,39,45)(H,40,47).